The van der Waals surface area contributed by atoms with Crippen LogP contribution in [0, 0.1) is 13.8 Å². The molecule has 0 bridgehead atoms. The predicted molar refractivity (Wildman–Crippen MR) is 83.4 cm³/mol. The molecule has 0 aliphatic rings. The van der Waals surface area contributed by atoms with Crippen LogP contribution in [0.4, 0.5) is 0 Å². The van der Waals surface area contributed by atoms with Gasteiger partial charge in [0.25, 0.3) is 5.91 Å². The van der Waals surface area contributed by atoms with Gasteiger partial charge < -0.3 is 4.74 Å². The van der Waals surface area contributed by atoms with E-state index in [0.717, 1.165) is 27.6 Å². The summed E-state index contributed by atoms with van der Waals surface area (Å²) in [5.41, 5.74) is 5.21. The Morgan fingerprint density at radius 1 is 1.33 bits per heavy atom. The highest BCUT2D eigenvalue weighted by Crippen LogP contribution is 2.22. The van der Waals surface area contributed by atoms with Crippen LogP contribution in [0.25, 0.3) is 0 Å². The Kier molecular flexibility index (Phi) is 4.93. The summed E-state index contributed by atoms with van der Waals surface area (Å²) in [5.74, 6) is 5.69. The number of hydrazine groups is 1. The van der Waals surface area contributed by atoms with Crippen molar-refractivity contribution in [1.82, 2.24) is 10.4 Å². The monoisotopic (exact) mass is 305 g/mol. The zero-order valence-electron chi connectivity index (χ0n) is 12.4. The molecule has 0 aliphatic heterocycles. The highest BCUT2D eigenvalue weighted by molar-refractivity contribution is 7.13. The van der Waals surface area contributed by atoms with Crippen LogP contribution in [0.2, 0.25) is 0 Å². The van der Waals surface area contributed by atoms with Crippen molar-refractivity contribution in [2.45, 2.75) is 33.8 Å². The van der Waals surface area contributed by atoms with Gasteiger partial charge in [0.15, 0.2) is 0 Å². The fourth-order valence-electron chi connectivity index (χ4n) is 2.11. The van der Waals surface area contributed by atoms with Crippen molar-refractivity contribution in [3.8, 4) is 5.75 Å². The summed E-state index contributed by atoms with van der Waals surface area (Å²) >= 11 is 1.32. The van der Waals surface area contributed by atoms with E-state index >= 15 is 0 Å². The van der Waals surface area contributed by atoms with Gasteiger partial charge in [-0.25, -0.2) is 10.8 Å². The third-order valence-electron chi connectivity index (χ3n) is 2.97. The van der Waals surface area contributed by atoms with Crippen molar-refractivity contribution >= 4 is 17.2 Å². The van der Waals surface area contributed by atoms with Gasteiger partial charge in [-0.1, -0.05) is 13.0 Å². The lowest BCUT2D eigenvalue weighted by Crippen LogP contribution is -2.30. The number of carbonyl (C=O) groups is 1. The molecular formula is C15H19N3O2S. The summed E-state index contributed by atoms with van der Waals surface area (Å²) in [6, 6.07) is 6.05. The van der Waals surface area contributed by atoms with Crippen LogP contribution in [-0.2, 0) is 13.0 Å². The van der Waals surface area contributed by atoms with Gasteiger partial charge in [0.1, 0.15) is 22.2 Å². The summed E-state index contributed by atoms with van der Waals surface area (Å²) in [4.78, 5) is 16.7. The highest BCUT2D eigenvalue weighted by Gasteiger charge is 2.16. The Balaban J connectivity index is 2.13. The fraction of sp³-hybridized carbons (Fsp3) is 0.333. The van der Waals surface area contributed by atoms with Crippen LogP contribution in [0.3, 0.4) is 0 Å². The average molecular weight is 305 g/mol. The smallest absolute Gasteiger partial charge is 0.277 e. The molecule has 0 saturated heterocycles. The largest absolute Gasteiger partial charge is 0.486 e. The Morgan fingerprint density at radius 3 is 2.57 bits per heavy atom. The molecule has 0 atom stereocenters. The van der Waals surface area contributed by atoms with Gasteiger partial charge in [-0.05, 0) is 43.5 Å². The first kappa shape index (κ1) is 15.5. The molecular weight excluding hydrogens is 286 g/mol. The second-order valence-electron chi connectivity index (χ2n) is 4.82. The van der Waals surface area contributed by atoms with Crippen molar-refractivity contribution in [1.29, 1.82) is 0 Å². The number of nitrogens with zero attached hydrogens (tertiary/aromatic N) is 1. The number of nitrogens with one attached hydrogen (secondary N) is 1. The molecule has 6 heteroatoms. The number of hydrogen-bond acceptors (Lipinski definition) is 5. The second kappa shape index (κ2) is 6.69. The number of aryl methyl sites for hydroxylation is 3. The average Bonchev–Trinajstić information content (AvgIpc) is 2.86. The van der Waals surface area contributed by atoms with Gasteiger partial charge in [0.05, 0.1) is 5.69 Å². The van der Waals surface area contributed by atoms with E-state index in [0.29, 0.717) is 17.9 Å². The van der Waals surface area contributed by atoms with E-state index in [4.69, 9.17) is 10.6 Å². The first-order valence-electron chi connectivity index (χ1n) is 6.74. The number of rotatable bonds is 5. The maximum absolute atomic E-state index is 11.7. The molecule has 0 saturated carbocycles. The third kappa shape index (κ3) is 3.80. The maximum Gasteiger partial charge on any atom is 0.277 e. The summed E-state index contributed by atoms with van der Waals surface area (Å²) < 4.78 is 5.76. The van der Waals surface area contributed by atoms with Crippen molar-refractivity contribution in [2.24, 2.45) is 5.84 Å². The van der Waals surface area contributed by atoms with Gasteiger partial charge in [0.2, 0.25) is 0 Å². The van der Waals surface area contributed by atoms with Crippen molar-refractivity contribution in [3.63, 3.8) is 0 Å². The molecule has 2 rings (SSSR count). The fourth-order valence-corrected chi connectivity index (χ4v) is 3.08. The molecule has 21 heavy (non-hydrogen) atoms. The Labute approximate surface area is 128 Å². The van der Waals surface area contributed by atoms with Gasteiger partial charge in [0, 0.05) is 0 Å². The number of nitrogens with two attached hydrogens (primary N) is 1. The molecule has 5 nitrogen and oxygen atoms in total. The molecule has 0 fully saturated rings. The molecule has 1 aromatic heterocycles. The molecule has 0 spiro atoms. The second-order valence-corrected chi connectivity index (χ2v) is 5.91. The topological polar surface area (TPSA) is 77.2 Å². The SMILES string of the molecule is CCc1nc(COc2cc(C)cc(C)c2)sc1C(=O)NN. The number of aromatic nitrogens is 1. The summed E-state index contributed by atoms with van der Waals surface area (Å²) in [7, 11) is 0. The first-order valence-corrected chi connectivity index (χ1v) is 7.55. The van der Waals surface area contributed by atoms with E-state index in [1.807, 2.05) is 32.9 Å². The number of thiazole rings is 1. The number of benzene rings is 1. The number of nitrogen functional groups attached to an aromatic ring is 1. The molecule has 1 amide bonds. The Hall–Kier alpha value is -1.92. The van der Waals surface area contributed by atoms with E-state index in [2.05, 4.69) is 16.5 Å². The molecule has 2 aromatic rings. The van der Waals surface area contributed by atoms with Crippen molar-refractivity contribution in [3.05, 3.63) is 44.9 Å². The molecule has 1 aromatic carbocycles. The lowest BCUT2D eigenvalue weighted by molar-refractivity contribution is 0.0956. The number of carbonyl (C=O) groups excluding carboxylic acids is 1. The van der Waals surface area contributed by atoms with E-state index in [1.165, 1.54) is 11.3 Å². The third-order valence-corrected chi connectivity index (χ3v) is 4.04. The molecule has 0 aliphatic carbocycles. The highest BCUT2D eigenvalue weighted by atomic mass is 32.1. The predicted octanol–water partition coefficient (Wildman–Crippen LogP) is 2.50. The van der Waals surface area contributed by atoms with Crippen LogP contribution in [0.15, 0.2) is 18.2 Å². The molecule has 3 N–H and O–H groups in total. The van der Waals surface area contributed by atoms with E-state index in [9.17, 15) is 4.79 Å². The van der Waals surface area contributed by atoms with Gasteiger partial charge >= 0.3 is 0 Å². The molecule has 112 valence electrons. The molecule has 1 heterocycles. The van der Waals surface area contributed by atoms with Crippen LogP contribution in [0.5, 0.6) is 5.75 Å². The molecule has 0 radical (unpaired) electrons. The quantitative estimate of drug-likeness (QED) is 0.505. The van der Waals surface area contributed by atoms with Gasteiger partial charge in [-0.2, -0.15) is 0 Å². The Bertz CT molecular complexity index is 632. The normalized spacial score (nSPS) is 10.5. The number of hydrogen-bond donors (Lipinski definition) is 2. The summed E-state index contributed by atoms with van der Waals surface area (Å²) in [6.07, 6.45) is 0.683. The lowest BCUT2D eigenvalue weighted by atomic mass is 10.1. The zero-order valence-corrected chi connectivity index (χ0v) is 13.2. The van der Waals surface area contributed by atoms with E-state index in [-0.39, 0.29) is 5.91 Å². The van der Waals surface area contributed by atoms with Crippen LogP contribution in [-0.4, -0.2) is 10.9 Å². The minimum Gasteiger partial charge on any atom is -0.486 e. The van der Waals surface area contributed by atoms with Crippen LogP contribution in [0.1, 0.15) is 38.4 Å². The maximum atomic E-state index is 11.7. The minimum absolute atomic E-state index is 0.304. The van der Waals surface area contributed by atoms with Crippen molar-refractivity contribution < 1.29 is 9.53 Å². The van der Waals surface area contributed by atoms with E-state index < -0.39 is 0 Å². The number of ether oxygens (including phenoxy) is 1. The van der Waals surface area contributed by atoms with Gasteiger partial charge in [-0.15, -0.1) is 11.3 Å². The first-order chi connectivity index (χ1) is 10.0. The van der Waals surface area contributed by atoms with Gasteiger partial charge in [-0.3, -0.25) is 10.2 Å². The standard InChI is InChI=1S/C15H19N3O2S/c1-4-12-14(15(19)18-16)21-13(17-12)8-20-11-6-9(2)5-10(3)7-11/h5-7H,4,8,16H2,1-3H3,(H,18,19). The van der Waals surface area contributed by atoms with Crippen LogP contribution >= 0.6 is 11.3 Å². The Morgan fingerprint density at radius 2 is 2.00 bits per heavy atom. The lowest BCUT2D eigenvalue weighted by Gasteiger charge is -2.06. The van der Waals surface area contributed by atoms with Crippen molar-refractivity contribution in [2.75, 3.05) is 0 Å². The zero-order chi connectivity index (χ0) is 15.4. The minimum atomic E-state index is -0.304. The van der Waals surface area contributed by atoms with Crippen LogP contribution < -0.4 is 16.0 Å². The summed E-state index contributed by atoms with van der Waals surface area (Å²) in [6.45, 7) is 6.36. The number of amides is 1. The molecule has 0 unspecified atom stereocenters. The summed E-state index contributed by atoms with van der Waals surface area (Å²) in [5, 5.41) is 0.768. The van der Waals surface area contributed by atoms with E-state index in [1.54, 1.807) is 0 Å².